The van der Waals surface area contributed by atoms with E-state index < -0.39 is 0 Å². The lowest BCUT2D eigenvalue weighted by atomic mass is 9.83. The van der Waals surface area contributed by atoms with Gasteiger partial charge in [0.1, 0.15) is 5.75 Å². The summed E-state index contributed by atoms with van der Waals surface area (Å²) < 4.78 is 0. The van der Waals surface area contributed by atoms with E-state index >= 15 is 0 Å². The summed E-state index contributed by atoms with van der Waals surface area (Å²) in [7, 11) is 0. The van der Waals surface area contributed by atoms with Crippen molar-refractivity contribution in [2.75, 3.05) is 0 Å². The third kappa shape index (κ3) is 5.34. The Morgan fingerprint density at radius 2 is 1.35 bits per heavy atom. The van der Waals surface area contributed by atoms with Gasteiger partial charge in [0.2, 0.25) is 0 Å². The normalized spacial score (nSPS) is 19.1. The fourth-order valence-corrected chi connectivity index (χ4v) is 5.66. The number of rotatable bonds is 5. The number of aromatic hydroxyl groups is 1. The van der Waals surface area contributed by atoms with Crippen molar-refractivity contribution in [3.8, 4) is 16.9 Å². The van der Waals surface area contributed by atoms with Gasteiger partial charge in [-0.1, -0.05) is 95.7 Å². The predicted octanol–water partition coefficient (Wildman–Crippen LogP) is 7.82. The summed E-state index contributed by atoms with van der Waals surface area (Å²) in [5.74, 6) is 0.482. The zero-order chi connectivity index (χ0) is 21.8. The van der Waals surface area contributed by atoms with Crippen molar-refractivity contribution < 1.29 is 5.11 Å². The quantitative estimate of drug-likeness (QED) is 0.534. The van der Waals surface area contributed by atoms with E-state index in [0.717, 1.165) is 23.2 Å². The zero-order valence-electron chi connectivity index (χ0n) is 19.9. The molecule has 2 aliphatic rings. The summed E-state index contributed by atoms with van der Waals surface area (Å²) in [4.78, 5) is 2.80. The van der Waals surface area contributed by atoms with Gasteiger partial charge in [-0.25, -0.2) is 0 Å². The first-order valence-corrected chi connectivity index (χ1v) is 12.6. The van der Waals surface area contributed by atoms with Gasteiger partial charge in [0.25, 0.3) is 0 Å². The minimum atomic E-state index is 0.0481. The van der Waals surface area contributed by atoms with Crippen LogP contribution in [0.1, 0.15) is 96.1 Å². The summed E-state index contributed by atoms with van der Waals surface area (Å²) in [5, 5.41) is 11.5. The molecule has 168 valence electrons. The highest BCUT2D eigenvalue weighted by atomic mass is 16.3. The maximum Gasteiger partial charge on any atom is 0.127 e. The number of phenols is 1. The Balaban J connectivity index is 1.73. The van der Waals surface area contributed by atoms with Crippen LogP contribution in [0.15, 0.2) is 42.5 Å². The number of hydrogen-bond donors (Lipinski definition) is 1. The SMILES string of the molecule is CC(C)(C)c1cc(CN(C2CCCCC2)C2CCCCC2)c(O)c(-c2ccccc2)c1. The molecular formula is C29H41NO. The van der Waals surface area contributed by atoms with Gasteiger partial charge >= 0.3 is 0 Å². The monoisotopic (exact) mass is 419 g/mol. The van der Waals surface area contributed by atoms with Crippen LogP contribution in [0, 0.1) is 0 Å². The molecule has 2 aromatic rings. The Bertz CT molecular complexity index is 821. The second kappa shape index (κ2) is 9.77. The molecule has 0 aliphatic heterocycles. The van der Waals surface area contributed by atoms with Crippen LogP contribution in [-0.2, 0) is 12.0 Å². The molecule has 0 heterocycles. The molecule has 0 unspecified atom stereocenters. The van der Waals surface area contributed by atoms with Gasteiger partial charge in [-0.15, -0.1) is 0 Å². The maximum absolute atomic E-state index is 11.5. The van der Waals surface area contributed by atoms with Crippen LogP contribution in [0.3, 0.4) is 0 Å². The lowest BCUT2D eigenvalue weighted by Crippen LogP contribution is -2.44. The second-order valence-electron chi connectivity index (χ2n) is 10.9. The molecule has 2 aliphatic carbocycles. The average Bonchev–Trinajstić information content (AvgIpc) is 2.79. The van der Waals surface area contributed by atoms with Crippen molar-refractivity contribution in [1.29, 1.82) is 0 Å². The Hall–Kier alpha value is -1.80. The summed E-state index contributed by atoms with van der Waals surface area (Å²) in [6, 6.07) is 16.3. The topological polar surface area (TPSA) is 23.5 Å². The van der Waals surface area contributed by atoms with Crippen LogP contribution < -0.4 is 0 Å². The Kier molecular flexibility index (Phi) is 7.06. The van der Waals surface area contributed by atoms with Crippen LogP contribution in [0.25, 0.3) is 11.1 Å². The van der Waals surface area contributed by atoms with Crippen LogP contribution in [0.5, 0.6) is 5.75 Å². The highest BCUT2D eigenvalue weighted by Gasteiger charge is 2.30. The van der Waals surface area contributed by atoms with E-state index in [2.05, 4.69) is 62.1 Å². The summed E-state index contributed by atoms with van der Waals surface area (Å²) in [5.41, 5.74) is 4.56. The molecule has 2 nitrogen and oxygen atoms in total. The van der Waals surface area contributed by atoms with Crippen molar-refractivity contribution in [3.63, 3.8) is 0 Å². The van der Waals surface area contributed by atoms with Gasteiger partial charge in [-0.2, -0.15) is 0 Å². The smallest absolute Gasteiger partial charge is 0.127 e. The van der Waals surface area contributed by atoms with Gasteiger partial charge < -0.3 is 5.11 Å². The van der Waals surface area contributed by atoms with E-state index in [1.807, 2.05) is 6.07 Å². The van der Waals surface area contributed by atoms with Crippen molar-refractivity contribution in [3.05, 3.63) is 53.6 Å². The fraction of sp³-hybridized carbons (Fsp3) is 0.586. The minimum absolute atomic E-state index is 0.0481. The molecule has 0 amide bonds. The van der Waals surface area contributed by atoms with Crippen LogP contribution in [0.2, 0.25) is 0 Å². The zero-order valence-corrected chi connectivity index (χ0v) is 19.9. The summed E-state index contributed by atoms with van der Waals surface area (Å²) in [6.45, 7) is 7.71. The summed E-state index contributed by atoms with van der Waals surface area (Å²) >= 11 is 0. The number of phenolic OH excluding ortho intramolecular Hbond substituents is 1. The minimum Gasteiger partial charge on any atom is -0.507 e. The van der Waals surface area contributed by atoms with E-state index in [4.69, 9.17) is 0 Å². The van der Waals surface area contributed by atoms with E-state index in [9.17, 15) is 5.11 Å². The lowest BCUT2D eigenvalue weighted by molar-refractivity contribution is 0.0723. The Morgan fingerprint density at radius 3 is 1.87 bits per heavy atom. The molecule has 0 aromatic heterocycles. The van der Waals surface area contributed by atoms with Crippen LogP contribution in [0.4, 0.5) is 0 Å². The van der Waals surface area contributed by atoms with Gasteiger partial charge in [-0.3, -0.25) is 4.90 Å². The highest BCUT2D eigenvalue weighted by molar-refractivity contribution is 5.73. The van der Waals surface area contributed by atoms with Crippen molar-refractivity contribution in [2.24, 2.45) is 0 Å². The molecule has 0 radical (unpaired) electrons. The fourth-order valence-electron chi connectivity index (χ4n) is 5.66. The first-order chi connectivity index (χ1) is 14.9. The molecular weight excluding hydrogens is 378 g/mol. The molecule has 2 heteroatoms. The molecule has 0 spiro atoms. The lowest BCUT2D eigenvalue weighted by Gasteiger charge is -2.42. The standard InChI is InChI=1S/C29H41NO/c1-29(2,3)24-19-23(28(31)27(20-24)22-13-7-4-8-14-22)21-30(25-15-9-5-10-16-25)26-17-11-6-12-18-26/h4,7-8,13-14,19-20,25-26,31H,5-6,9-12,15-18,21H2,1-3H3. The van der Waals surface area contributed by atoms with Gasteiger partial charge in [-0.05, 0) is 48.3 Å². The molecule has 4 rings (SSSR count). The molecule has 0 atom stereocenters. The molecule has 2 aromatic carbocycles. The molecule has 1 N–H and O–H groups in total. The van der Waals surface area contributed by atoms with Crippen molar-refractivity contribution >= 4 is 0 Å². The number of nitrogens with zero attached hydrogens (tertiary/aromatic N) is 1. The van der Waals surface area contributed by atoms with Crippen molar-refractivity contribution in [1.82, 2.24) is 4.90 Å². The van der Waals surface area contributed by atoms with E-state index in [0.29, 0.717) is 17.8 Å². The Labute approximate surface area is 189 Å². The molecule has 2 fully saturated rings. The third-order valence-corrected chi connectivity index (χ3v) is 7.58. The Morgan fingerprint density at radius 1 is 0.806 bits per heavy atom. The largest absolute Gasteiger partial charge is 0.507 e. The van der Waals surface area contributed by atoms with E-state index in [1.165, 1.54) is 69.8 Å². The van der Waals surface area contributed by atoms with Crippen LogP contribution >= 0.6 is 0 Å². The molecule has 0 bridgehead atoms. The maximum atomic E-state index is 11.5. The van der Waals surface area contributed by atoms with Crippen molar-refractivity contribution in [2.45, 2.75) is 109 Å². The van der Waals surface area contributed by atoms with E-state index in [1.54, 1.807) is 0 Å². The second-order valence-corrected chi connectivity index (χ2v) is 10.9. The predicted molar refractivity (Wildman–Crippen MR) is 132 cm³/mol. The first kappa shape index (κ1) is 22.4. The first-order valence-electron chi connectivity index (χ1n) is 12.6. The number of hydrogen-bond acceptors (Lipinski definition) is 2. The van der Waals surface area contributed by atoms with E-state index in [-0.39, 0.29) is 5.41 Å². The van der Waals surface area contributed by atoms with Gasteiger partial charge in [0.15, 0.2) is 0 Å². The van der Waals surface area contributed by atoms with Gasteiger partial charge in [0.05, 0.1) is 0 Å². The molecule has 2 saturated carbocycles. The average molecular weight is 420 g/mol. The highest BCUT2D eigenvalue weighted by Crippen LogP contribution is 2.39. The van der Waals surface area contributed by atoms with Crippen LogP contribution in [-0.4, -0.2) is 22.1 Å². The number of benzene rings is 2. The molecule has 0 saturated heterocycles. The molecule has 31 heavy (non-hydrogen) atoms. The van der Waals surface area contributed by atoms with Gasteiger partial charge in [0, 0.05) is 29.8 Å². The third-order valence-electron chi connectivity index (χ3n) is 7.58. The summed E-state index contributed by atoms with van der Waals surface area (Å²) in [6.07, 6.45) is 13.5.